The van der Waals surface area contributed by atoms with Gasteiger partial charge in [-0.15, -0.1) is 0 Å². The Morgan fingerprint density at radius 2 is 1.74 bits per heavy atom. The van der Waals surface area contributed by atoms with Gasteiger partial charge in [-0.25, -0.2) is 12.8 Å². The molecule has 0 unspecified atom stereocenters. The predicted octanol–water partition coefficient (Wildman–Crippen LogP) is 4.92. The molecule has 4 rings (SSSR count). The van der Waals surface area contributed by atoms with Crippen molar-refractivity contribution >= 4 is 32.9 Å². The van der Waals surface area contributed by atoms with Crippen LogP contribution in [0.4, 0.5) is 15.8 Å². The maximum absolute atomic E-state index is 14.9. The van der Waals surface area contributed by atoms with Crippen molar-refractivity contribution in [3.63, 3.8) is 0 Å². The first-order valence-electron chi connectivity index (χ1n) is 9.55. The zero-order valence-corrected chi connectivity index (χ0v) is 17.4. The van der Waals surface area contributed by atoms with Crippen molar-refractivity contribution in [2.45, 2.75) is 24.7 Å². The highest BCUT2D eigenvalue weighted by atomic mass is 32.2. The average molecular weight is 438 g/mol. The third-order valence-corrected chi connectivity index (χ3v) is 6.90. The normalized spacial score (nSPS) is 16.1. The number of aliphatic carboxylic acids is 1. The molecule has 0 radical (unpaired) electrons. The quantitative estimate of drug-likeness (QED) is 0.668. The Labute approximate surface area is 179 Å². The number of rotatable bonds is 6. The Morgan fingerprint density at radius 3 is 2.39 bits per heavy atom. The fraction of sp³-hybridized carbons (Fsp3) is 0.130. The summed E-state index contributed by atoms with van der Waals surface area (Å²) in [5.74, 6) is -2.03. The van der Waals surface area contributed by atoms with E-state index in [1.54, 1.807) is 19.1 Å². The summed E-state index contributed by atoms with van der Waals surface area (Å²) >= 11 is 0. The minimum atomic E-state index is -4.25. The Bertz CT molecular complexity index is 1290. The van der Waals surface area contributed by atoms with Gasteiger partial charge >= 0.3 is 5.97 Å². The number of benzene rings is 2. The van der Waals surface area contributed by atoms with E-state index in [4.69, 9.17) is 0 Å². The number of para-hydroxylation sites is 1. The third-order valence-electron chi connectivity index (χ3n) is 5.07. The summed E-state index contributed by atoms with van der Waals surface area (Å²) in [6, 6.07) is 15.4. The number of sulfone groups is 1. The maximum Gasteiger partial charge on any atom is 0.307 e. The molecule has 0 fully saturated rings. The summed E-state index contributed by atoms with van der Waals surface area (Å²) in [5, 5.41) is 12.4. The molecule has 0 bridgehead atoms. The van der Waals surface area contributed by atoms with E-state index in [9.17, 15) is 22.7 Å². The monoisotopic (exact) mass is 438 g/mol. The second-order valence-corrected chi connectivity index (χ2v) is 9.06. The van der Waals surface area contributed by atoms with Gasteiger partial charge in [0.25, 0.3) is 0 Å². The fourth-order valence-electron chi connectivity index (χ4n) is 3.65. The van der Waals surface area contributed by atoms with Gasteiger partial charge in [-0.1, -0.05) is 18.2 Å². The number of allylic oxidation sites excluding steroid dienone is 4. The third kappa shape index (κ3) is 3.94. The van der Waals surface area contributed by atoms with Crippen LogP contribution in [-0.2, 0) is 14.6 Å². The number of nitrogens with one attached hydrogen (secondary N) is 1. The van der Waals surface area contributed by atoms with Crippen LogP contribution in [-0.4, -0.2) is 25.2 Å². The second-order valence-electron chi connectivity index (χ2n) is 7.17. The number of anilines is 2. The van der Waals surface area contributed by atoms with Crippen molar-refractivity contribution in [1.29, 1.82) is 0 Å². The smallest absolute Gasteiger partial charge is 0.307 e. The first kappa shape index (κ1) is 20.7. The molecule has 0 saturated carbocycles. The van der Waals surface area contributed by atoms with Crippen molar-refractivity contribution in [1.82, 2.24) is 0 Å². The minimum Gasteiger partial charge on any atom is -0.481 e. The molecule has 1 aliphatic heterocycles. The van der Waals surface area contributed by atoms with Gasteiger partial charge in [0.2, 0.25) is 9.84 Å². The standard InChI is InChI=1S/C23H19FN2O4S/c1-14-18(13-21(27)28)22-20(25-14)12-11-19(24)23(22)31(29,30)17-9-7-16(8-10-17)26-15-5-3-2-4-6-15/h2-11,26H,12-13H2,1H3,(H,27,28). The molecular formula is C23H19FN2O4S. The van der Waals surface area contributed by atoms with Crippen LogP contribution in [0.1, 0.15) is 19.8 Å². The lowest BCUT2D eigenvalue weighted by Gasteiger charge is -2.18. The van der Waals surface area contributed by atoms with E-state index in [0.717, 1.165) is 11.8 Å². The Morgan fingerprint density at radius 1 is 1.10 bits per heavy atom. The molecular weight excluding hydrogens is 419 g/mol. The van der Waals surface area contributed by atoms with Crippen molar-refractivity contribution in [3.8, 4) is 0 Å². The molecule has 2 N–H and O–H groups in total. The van der Waals surface area contributed by atoms with Gasteiger partial charge in [0.15, 0.2) is 0 Å². The van der Waals surface area contributed by atoms with Gasteiger partial charge in [-0.3, -0.25) is 9.79 Å². The molecule has 2 aromatic carbocycles. The van der Waals surface area contributed by atoms with Crippen molar-refractivity contribution in [3.05, 3.63) is 88.2 Å². The van der Waals surface area contributed by atoms with Gasteiger partial charge in [-0.2, -0.15) is 0 Å². The van der Waals surface area contributed by atoms with Crippen molar-refractivity contribution in [2.75, 3.05) is 5.32 Å². The van der Waals surface area contributed by atoms with E-state index in [2.05, 4.69) is 10.3 Å². The SMILES string of the molecule is CC1=C(CC(=O)O)C2=C(S(=O)(=O)c3ccc(Nc4ccccc4)cc3)C(F)=CCC2=N1. The molecule has 0 spiro atoms. The summed E-state index contributed by atoms with van der Waals surface area (Å²) in [5.41, 5.74) is 2.59. The van der Waals surface area contributed by atoms with Crippen LogP contribution >= 0.6 is 0 Å². The number of fused-ring (bicyclic) bond motifs is 1. The number of carbonyl (C=O) groups is 1. The molecule has 1 heterocycles. The van der Waals surface area contributed by atoms with Crippen molar-refractivity contribution < 1.29 is 22.7 Å². The average Bonchev–Trinajstić information content (AvgIpc) is 3.03. The van der Waals surface area contributed by atoms with Gasteiger partial charge in [-0.05, 0) is 55.0 Å². The first-order valence-corrected chi connectivity index (χ1v) is 11.0. The number of carboxylic acid groups (broad SMARTS) is 1. The topological polar surface area (TPSA) is 95.8 Å². The summed E-state index contributed by atoms with van der Waals surface area (Å²) in [6.45, 7) is 1.60. The van der Waals surface area contributed by atoms with Crippen molar-refractivity contribution in [2.24, 2.45) is 4.99 Å². The zero-order chi connectivity index (χ0) is 22.2. The molecule has 0 aromatic heterocycles. The molecule has 2 aliphatic rings. The van der Waals surface area contributed by atoms with Crippen LogP contribution in [0.15, 0.2) is 98.1 Å². The van der Waals surface area contributed by atoms with Crippen LogP contribution in [0.2, 0.25) is 0 Å². The molecule has 2 aromatic rings. The number of hydrogen-bond acceptors (Lipinski definition) is 5. The summed E-state index contributed by atoms with van der Waals surface area (Å²) in [4.78, 5) is 15.0. The molecule has 1 aliphatic carbocycles. The highest BCUT2D eigenvalue weighted by Crippen LogP contribution is 2.41. The van der Waals surface area contributed by atoms with Crippen LogP contribution in [0.25, 0.3) is 0 Å². The Balaban J connectivity index is 1.74. The predicted molar refractivity (Wildman–Crippen MR) is 117 cm³/mol. The number of nitrogens with zero attached hydrogens (tertiary/aromatic N) is 1. The highest BCUT2D eigenvalue weighted by molar-refractivity contribution is 7.95. The van der Waals surface area contributed by atoms with Crippen LogP contribution in [0.3, 0.4) is 0 Å². The molecule has 158 valence electrons. The highest BCUT2D eigenvalue weighted by Gasteiger charge is 2.37. The molecule has 31 heavy (non-hydrogen) atoms. The van der Waals surface area contributed by atoms with Crippen LogP contribution < -0.4 is 5.32 Å². The lowest BCUT2D eigenvalue weighted by Crippen LogP contribution is -2.17. The largest absolute Gasteiger partial charge is 0.481 e. The second kappa shape index (κ2) is 7.96. The molecule has 0 saturated heterocycles. The van der Waals surface area contributed by atoms with Gasteiger partial charge < -0.3 is 10.4 Å². The lowest BCUT2D eigenvalue weighted by molar-refractivity contribution is -0.136. The number of aliphatic imine (C=N–C) groups is 1. The van der Waals surface area contributed by atoms with Crippen LogP contribution in [0.5, 0.6) is 0 Å². The number of carboxylic acids is 1. The van der Waals surface area contributed by atoms with E-state index >= 15 is 0 Å². The van der Waals surface area contributed by atoms with E-state index in [0.29, 0.717) is 17.1 Å². The number of hydrogen-bond donors (Lipinski definition) is 2. The number of halogens is 1. The fourth-order valence-corrected chi connectivity index (χ4v) is 5.23. The van der Waals surface area contributed by atoms with Gasteiger partial charge in [0, 0.05) is 29.1 Å². The van der Waals surface area contributed by atoms with E-state index in [1.807, 2.05) is 30.3 Å². The summed E-state index contributed by atoms with van der Waals surface area (Å²) < 4.78 is 41.6. The molecule has 0 atom stereocenters. The lowest BCUT2D eigenvalue weighted by atomic mass is 9.94. The van der Waals surface area contributed by atoms with E-state index in [-0.39, 0.29) is 22.5 Å². The summed E-state index contributed by atoms with van der Waals surface area (Å²) in [6.07, 6.45) is 0.846. The zero-order valence-electron chi connectivity index (χ0n) is 16.6. The van der Waals surface area contributed by atoms with Gasteiger partial charge in [0.05, 0.1) is 17.0 Å². The minimum absolute atomic E-state index is 0.0754. The van der Waals surface area contributed by atoms with E-state index < -0.39 is 33.0 Å². The maximum atomic E-state index is 14.9. The first-order chi connectivity index (χ1) is 14.8. The van der Waals surface area contributed by atoms with Crippen LogP contribution in [0, 0.1) is 0 Å². The summed E-state index contributed by atoms with van der Waals surface area (Å²) in [7, 11) is -4.25. The van der Waals surface area contributed by atoms with Gasteiger partial charge in [0.1, 0.15) is 10.7 Å². The molecule has 6 nitrogen and oxygen atoms in total. The Kier molecular flexibility index (Phi) is 5.32. The Hall–Kier alpha value is -3.52. The molecule has 8 heteroatoms. The van der Waals surface area contributed by atoms with E-state index in [1.165, 1.54) is 12.1 Å². The molecule has 0 amide bonds.